The van der Waals surface area contributed by atoms with Crippen LogP contribution in [0.1, 0.15) is 37.7 Å². The van der Waals surface area contributed by atoms with Gasteiger partial charge in [-0.25, -0.2) is 4.39 Å². The van der Waals surface area contributed by atoms with E-state index in [1.54, 1.807) is 12.1 Å². The Labute approximate surface area is 112 Å². The number of nitrogens with two attached hydrogens (primary N) is 1. The van der Waals surface area contributed by atoms with Crippen LogP contribution < -0.4 is 5.73 Å². The molecule has 0 unspecified atom stereocenters. The van der Waals surface area contributed by atoms with Gasteiger partial charge >= 0.3 is 0 Å². The maximum atomic E-state index is 13.2. The van der Waals surface area contributed by atoms with Crippen LogP contribution in [0.2, 0.25) is 5.02 Å². The number of carbonyl (C=O) groups is 1. The third-order valence-electron chi connectivity index (χ3n) is 2.83. The molecule has 0 bridgehead atoms. The van der Waals surface area contributed by atoms with E-state index in [0.717, 1.165) is 25.7 Å². The van der Waals surface area contributed by atoms with Crippen molar-refractivity contribution < 1.29 is 9.18 Å². The molecule has 0 aliphatic rings. The van der Waals surface area contributed by atoms with Gasteiger partial charge in [0.05, 0.1) is 5.02 Å². The second kappa shape index (κ2) is 8.22. The van der Waals surface area contributed by atoms with Crippen molar-refractivity contribution in [3.63, 3.8) is 0 Å². The van der Waals surface area contributed by atoms with Gasteiger partial charge in [-0.2, -0.15) is 0 Å². The van der Waals surface area contributed by atoms with Crippen molar-refractivity contribution in [1.29, 1.82) is 0 Å². The Hall–Kier alpha value is -0.930. The lowest BCUT2D eigenvalue weighted by atomic mass is 10.0. The van der Waals surface area contributed by atoms with Gasteiger partial charge in [-0.1, -0.05) is 36.6 Å². The van der Waals surface area contributed by atoms with E-state index in [1.807, 2.05) is 0 Å². The zero-order chi connectivity index (χ0) is 13.4. The summed E-state index contributed by atoms with van der Waals surface area (Å²) in [6.07, 6.45) is 4.69. The Balaban J connectivity index is 2.34. The largest absolute Gasteiger partial charge is 0.330 e. The van der Waals surface area contributed by atoms with Crippen LogP contribution in [0.25, 0.3) is 0 Å². The average Bonchev–Trinajstić information content (AvgIpc) is 2.35. The van der Waals surface area contributed by atoms with Crippen LogP contribution in [0.3, 0.4) is 0 Å². The van der Waals surface area contributed by atoms with Crippen molar-refractivity contribution in [3.8, 4) is 0 Å². The van der Waals surface area contributed by atoms with Crippen LogP contribution in [0.15, 0.2) is 18.2 Å². The summed E-state index contributed by atoms with van der Waals surface area (Å²) in [4.78, 5) is 11.7. The van der Waals surface area contributed by atoms with Gasteiger partial charge in [0, 0.05) is 12.8 Å². The summed E-state index contributed by atoms with van der Waals surface area (Å²) in [7, 11) is 0. The van der Waals surface area contributed by atoms with Gasteiger partial charge in [0.1, 0.15) is 11.6 Å². The molecular weight excluding hydrogens is 253 g/mol. The number of benzene rings is 1. The molecule has 0 heterocycles. The number of hydrogen-bond acceptors (Lipinski definition) is 2. The number of rotatable bonds is 8. The number of hydrogen-bond donors (Lipinski definition) is 1. The molecule has 18 heavy (non-hydrogen) atoms. The molecule has 4 heteroatoms. The van der Waals surface area contributed by atoms with E-state index in [1.165, 1.54) is 6.07 Å². The van der Waals surface area contributed by atoms with Gasteiger partial charge in [-0.05, 0) is 31.0 Å². The molecule has 0 atom stereocenters. The van der Waals surface area contributed by atoms with Gasteiger partial charge in [-0.15, -0.1) is 0 Å². The molecule has 0 spiro atoms. The van der Waals surface area contributed by atoms with E-state index in [0.29, 0.717) is 18.5 Å². The molecule has 0 amide bonds. The molecule has 2 N–H and O–H groups in total. The van der Waals surface area contributed by atoms with Crippen LogP contribution in [0, 0.1) is 5.82 Å². The predicted molar refractivity (Wildman–Crippen MR) is 72.3 cm³/mol. The van der Waals surface area contributed by atoms with Crippen LogP contribution in [0.5, 0.6) is 0 Å². The molecule has 0 aliphatic heterocycles. The summed E-state index contributed by atoms with van der Waals surface area (Å²) in [6.45, 7) is 0.701. The minimum Gasteiger partial charge on any atom is -0.330 e. The monoisotopic (exact) mass is 271 g/mol. The van der Waals surface area contributed by atoms with E-state index in [4.69, 9.17) is 17.3 Å². The fraction of sp³-hybridized carbons (Fsp3) is 0.500. The lowest BCUT2D eigenvalue weighted by Gasteiger charge is -2.04. The predicted octanol–water partition coefficient (Wildman–Crippen LogP) is 3.50. The molecule has 1 rings (SSSR count). The first-order chi connectivity index (χ1) is 8.65. The Morgan fingerprint density at radius 3 is 2.67 bits per heavy atom. The van der Waals surface area contributed by atoms with E-state index in [2.05, 4.69) is 0 Å². The minimum atomic E-state index is -0.468. The number of unbranched alkanes of at least 4 members (excludes halogenated alkanes) is 3. The van der Waals surface area contributed by atoms with Gasteiger partial charge in [0.15, 0.2) is 0 Å². The Bertz CT molecular complexity index is 395. The van der Waals surface area contributed by atoms with Gasteiger partial charge < -0.3 is 5.73 Å². The summed E-state index contributed by atoms with van der Waals surface area (Å²) >= 11 is 5.80. The zero-order valence-electron chi connectivity index (χ0n) is 10.4. The van der Waals surface area contributed by atoms with Gasteiger partial charge in [0.2, 0.25) is 0 Å². The SMILES string of the molecule is NCCCCCCC(=O)Cc1cccc(F)c1Cl. The van der Waals surface area contributed by atoms with E-state index >= 15 is 0 Å². The highest BCUT2D eigenvalue weighted by Gasteiger charge is 2.09. The fourth-order valence-corrected chi connectivity index (χ4v) is 2.00. The number of Topliss-reactive ketones (excluding diaryl/α,β-unsaturated/α-hetero) is 1. The summed E-state index contributed by atoms with van der Waals surface area (Å²) in [5.74, 6) is -0.361. The smallest absolute Gasteiger partial charge is 0.142 e. The van der Waals surface area contributed by atoms with E-state index in [9.17, 15) is 9.18 Å². The molecule has 0 aliphatic carbocycles. The summed E-state index contributed by atoms with van der Waals surface area (Å²) in [5.41, 5.74) is 5.96. The van der Waals surface area contributed by atoms with Crippen molar-refractivity contribution in [2.45, 2.75) is 38.5 Å². The first kappa shape index (κ1) is 15.1. The average molecular weight is 272 g/mol. The van der Waals surface area contributed by atoms with Crippen molar-refractivity contribution in [2.75, 3.05) is 6.54 Å². The number of ketones is 1. The molecule has 1 aromatic carbocycles. The molecular formula is C14H19ClFNO. The van der Waals surface area contributed by atoms with Gasteiger partial charge in [0.25, 0.3) is 0 Å². The Morgan fingerprint density at radius 1 is 1.22 bits per heavy atom. The Morgan fingerprint density at radius 2 is 1.94 bits per heavy atom. The van der Waals surface area contributed by atoms with Gasteiger partial charge in [-0.3, -0.25) is 4.79 Å². The van der Waals surface area contributed by atoms with Crippen LogP contribution in [-0.4, -0.2) is 12.3 Å². The van der Waals surface area contributed by atoms with E-state index < -0.39 is 5.82 Å². The third-order valence-corrected chi connectivity index (χ3v) is 3.25. The Kier molecular flexibility index (Phi) is 6.91. The molecule has 0 saturated heterocycles. The van der Waals surface area contributed by atoms with Crippen molar-refractivity contribution in [1.82, 2.24) is 0 Å². The minimum absolute atomic E-state index is 0.0639. The highest BCUT2D eigenvalue weighted by Crippen LogP contribution is 2.20. The summed E-state index contributed by atoms with van der Waals surface area (Å²) < 4.78 is 13.2. The van der Waals surface area contributed by atoms with Crippen molar-refractivity contribution in [2.24, 2.45) is 5.73 Å². The molecule has 0 saturated carbocycles. The number of carbonyl (C=O) groups excluding carboxylic acids is 1. The summed E-state index contributed by atoms with van der Waals surface area (Å²) in [6, 6.07) is 4.56. The molecule has 100 valence electrons. The maximum absolute atomic E-state index is 13.2. The van der Waals surface area contributed by atoms with Crippen molar-refractivity contribution in [3.05, 3.63) is 34.6 Å². The zero-order valence-corrected chi connectivity index (χ0v) is 11.2. The number of halogens is 2. The van der Waals surface area contributed by atoms with Crippen molar-refractivity contribution >= 4 is 17.4 Å². The van der Waals surface area contributed by atoms with E-state index in [-0.39, 0.29) is 17.2 Å². The highest BCUT2D eigenvalue weighted by atomic mass is 35.5. The molecule has 0 fully saturated rings. The van der Waals surface area contributed by atoms with Crippen LogP contribution in [-0.2, 0) is 11.2 Å². The highest BCUT2D eigenvalue weighted by molar-refractivity contribution is 6.31. The topological polar surface area (TPSA) is 43.1 Å². The van der Waals surface area contributed by atoms with Crippen LogP contribution >= 0.6 is 11.6 Å². The molecule has 2 nitrogen and oxygen atoms in total. The fourth-order valence-electron chi connectivity index (χ4n) is 1.81. The lowest BCUT2D eigenvalue weighted by Crippen LogP contribution is -2.04. The second-order valence-electron chi connectivity index (χ2n) is 4.38. The first-order valence-corrected chi connectivity index (χ1v) is 6.67. The molecule has 0 aromatic heterocycles. The van der Waals surface area contributed by atoms with Crippen LogP contribution in [0.4, 0.5) is 4.39 Å². The molecule has 0 radical (unpaired) electrons. The normalized spacial score (nSPS) is 10.6. The second-order valence-corrected chi connectivity index (χ2v) is 4.76. The standard InChI is InChI=1S/C14H19ClFNO/c15-14-11(6-5-8-13(14)16)10-12(18)7-3-1-2-4-9-17/h5-6,8H,1-4,7,9-10,17H2. The first-order valence-electron chi connectivity index (χ1n) is 6.30. The summed E-state index contributed by atoms with van der Waals surface area (Å²) in [5, 5.41) is 0.0639. The molecule has 1 aromatic rings. The third kappa shape index (κ3) is 5.15. The maximum Gasteiger partial charge on any atom is 0.142 e. The lowest BCUT2D eigenvalue weighted by molar-refractivity contribution is -0.118. The quantitative estimate of drug-likeness (QED) is 0.736.